The number of hydrogen-bond donors (Lipinski definition) is 0. The van der Waals surface area contributed by atoms with E-state index in [2.05, 4.69) is 66.5 Å². The van der Waals surface area contributed by atoms with E-state index >= 15 is 0 Å². The van der Waals surface area contributed by atoms with Gasteiger partial charge in [0, 0.05) is 11.9 Å². The highest BCUT2D eigenvalue weighted by atomic mass is 14.7. The van der Waals surface area contributed by atoms with Crippen LogP contribution < -0.4 is 0 Å². The molecule has 6 atom stereocenters. The van der Waals surface area contributed by atoms with E-state index in [4.69, 9.17) is 4.98 Å². The van der Waals surface area contributed by atoms with E-state index in [1.54, 1.807) is 0 Å². The average Bonchev–Trinajstić information content (AvgIpc) is 3.28. The van der Waals surface area contributed by atoms with Gasteiger partial charge in [-0.3, -0.25) is 4.98 Å². The largest absolute Gasteiger partial charge is 0.260 e. The van der Waals surface area contributed by atoms with E-state index in [1.165, 1.54) is 118 Å². The van der Waals surface area contributed by atoms with Crippen LogP contribution in [-0.4, -0.2) is 4.98 Å². The maximum absolute atomic E-state index is 4.89. The Labute approximate surface area is 252 Å². The van der Waals surface area contributed by atoms with Crippen molar-refractivity contribution in [3.05, 3.63) is 58.5 Å². The van der Waals surface area contributed by atoms with Gasteiger partial charge in [-0.2, -0.15) is 0 Å². The fourth-order valence-corrected chi connectivity index (χ4v) is 11.3. The molecule has 0 saturated heterocycles. The molecule has 1 nitrogen and oxygen atoms in total. The van der Waals surface area contributed by atoms with Crippen LogP contribution >= 0.6 is 0 Å². The molecular formula is C40H59N. The molecule has 41 heavy (non-hydrogen) atoms. The van der Waals surface area contributed by atoms with E-state index in [0.717, 1.165) is 36.5 Å². The van der Waals surface area contributed by atoms with Crippen LogP contribution in [0.25, 0.3) is 5.57 Å². The Kier molecular flexibility index (Phi) is 8.00. The van der Waals surface area contributed by atoms with Crippen molar-refractivity contribution >= 4 is 5.57 Å². The molecule has 0 aliphatic heterocycles. The van der Waals surface area contributed by atoms with Crippen molar-refractivity contribution in [1.29, 1.82) is 0 Å². The molecule has 5 aliphatic carbocycles. The quantitative estimate of drug-likeness (QED) is 0.242. The number of pyridine rings is 1. The third-order valence-corrected chi connectivity index (χ3v) is 13.8. The summed E-state index contributed by atoms with van der Waals surface area (Å²) >= 11 is 0. The first-order valence-corrected chi connectivity index (χ1v) is 17.6. The summed E-state index contributed by atoms with van der Waals surface area (Å²) in [4.78, 5) is 4.89. The van der Waals surface area contributed by atoms with Gasteiger partial charge in [0.1, 0.15) is 0 Å². The molecule has 5 aliphatic rings. The Morgan fingerprint density at radius 2 is 1.76 bits per heavy atom. The lowest BCUT2D eigenvalue weighted by Crippen LogP contribution is -2.51. The lowest BCUT2D eigenvalue weighted by atomic mass is 9.44. The van der Waals surface area contributed by atoms with Gasteiger partial charge in [0.25, 0.3) is 0 Å². The summed E-state index contributed by atoms with van der Waals surface area (Å²) in [6, 6.07) is 2.44. The molecule has 224 valence electrons. The number of aryl methyl sites for hydroxylation is 2. The number of fused-ring (bicyclic) bond motifs is 5. The Morgan fingerprint density at radius 3 is 2.56 bits per heavy atom. The van der Waals surface area contributed by atoms with Crippen LogP contribution in [0, 0.1) is 39.9 Å². The minimum atomic E-state index is 0.347. The average molecular weight is 554 g/mol. The molecule has 6 rings (SSSR count). The number of nitrogens with zero attached hydrogens (tertiary/aromatic N) is 1. The smallest absolute Gasteiger partial charge is 0.0436 e. The van der Waals surface area contributed by atoms with Crippen LogP contribution in [0.1, 0.15) is 148 Å². The Morgan fingerprint density at radius 1 is 0.951 bits per heavy atom. The first kappa shape index (κ1) is 29.4. The zero-order valence-electron chi connectivity index (χ0n) is 27.5. The normalized spacial score (nSPS) is 35.7. The molecule has 0 spiro atoms. The molecule has 1 heterocycles. The van der Waals surface area contributed by atoms with Gasteiger partial charge in [0.15, 0.2) is 0 Å². The Bertz CT molecular complexity index is 1220. The minimum absolute atomic E-state index is 0.347. The molecule has 2 saturated carbocycles. The highest BCUT2D eigenvalue weighted by Crippen LogP contribution is 2.68. The molecule has 0 N–H and O–H groups in total. The summed E-state index contributed by atoms with van der Waals surface area (Å²) in [5, 5.41) is 0. The summed E-state index contributed by atoms with van der Waals surface area (Å²) < 4.78 is 0. The van der Waals surface area contributed by atoms with Crippen LogP contribution in [0.15, 0.2) is 41.6 Å². The van der Waals surface area contributed by atoms with Gasteiger partial charge in [-0.25, -0.2) is 0 Å². The summed E-state index contributed by atoms with van der Waals surface area (Å²) in [7, 11) is 0. The Balaban J connectivity index is 1.17. The van der Waals surface area contributed by atoms with Gasteiger partial charge in [-0.05, 0) is 179 Å². The van der Waals surface area contributed by atoms with Crippen molar-refractivity contribution in [1.82, 2.24) is 4.98 Å². The topological polar surface area (TPSA) is 12.9 Å². The molecule has 0 radical (unpaired) electrons. The zero-order valence-corrected chi connectivity index (χ0v) is 27.5. The maximum Gasteiger partial charge on any atom is 0.0436 e. The minimum Gasteiger partial charge on any atom is -0.260 e. The number of rotatable bonds is 7. The third kappa shape index (κ3) is 5.14. The second-order valence-electron chi connectivity index (χ2n) is 16.5. The predicted octanol–water partition coefficient (Wildman–Crippen LogP) is 11.5. The van der Waals surface area contributed by atoms with Crippen LogP contribution in [0.3, 0.4) is 0 Å². The van der Waals surface area contributed by atoms with E-state index in [9.17, 15) is 0 Å². The SMILES string of the molecule is C=C(CC1CCC2(C)C3=C(CCC2C1(C)C)C1CCC(CCCC=C(C)C)C1(C)CC3)c1cnc2c(c1)CCCC2. The number of hydrogen-bond acceptors (Lipinski definition) is 1. The van der Waals surface area contributed by atoms with Crippen molar-refractivity contribution < 1.29 is 0 Å². The fraction of sp³-hybridized carbons (Fsp3) is 0.725. The van der Waals surface area contributed by atoms with Gasteiger partial charge < -0.3 is 0 Å². The molecule has 6 unspecified atom stereocenters. The highest BCUT2D eigenvalue weighted by Gasteiger charge is 2.58. The lowest BCUT2D eigenvalue weighted by molar-refractivity contribution is -0.0435. The second kappa shape index (κ2) is 11.1. The van der Waals surface area contributed by atoms with Gasteiger partial charge in [0.2, 0.25) is 0 Å². The highest BCUT2D eigenvalue weighted by molar-refractivity contribution is 5.64. The van der Waals surface area contributed by atoms with E-state index in [0.29, 0.717) is 16.2 Å². The van der Waals surface area contributed by atoms with Gasteiger partial charge in [0.05, 0.1) is 0 Å². The van der Waals surface area contributed by atoms with E-state index < -0.39 is 0 Å². The first-order valence-electron chi connectivity index (χ1n) is 17.6. The second-order valence-corrected chi connectivity index (χ2v) is 16.5. The summed E-state index contributed by atoms with van der Waals surface area (Å²) in [5.74, 6) is 3.33. The van der Waals surface area contributed by atoms with Gasteiger partial charge in [-0.1, -0.05) is 57.1 Å². The molecule has 0 bridgehead atoms. The van der Waals surface area contributed by atoms with Crippen molar-refractivity contribution in [2.24, 2.45) is 39.9 Å². The molecule has 2 fully saturated rings. The van der Waals surface area contributed by atoms with Crippen LogP contribution in [0.2, 0.25) is 0 Å². The maximum atomic E-state index is 4.89. The lowest BCUT2D eigenvalue weighted by Gasteiger charge is -2.61. The summed E-state index contributed by atoms with van der Waals surface area (Å²) in [5.41, 5.74) is 12.2. The number of aromatic nitrogens is 1. The molecule has 1 aromatic rings. The third-order valence-electron chi connectivity index (χ3n) is 13.8. The van der Waals surface area contributed by atoms with Gasteiger partial charge >= 0.3 is 0 Å². The van der Waals surface area contributed by atoms with Gasteiger partial charge in [-0.15, -0.1) is 0 Å². The molecular weight excluding hydrogens is 494 g/mol. The van der Waals surface area contributed by atoms with Crippen LogP contribution in [0.4, 0.5) is 0 Å². The first-order chi connectivity index (χ1) is 19.5. The fourth-order valence-electron chi connectivity index (χ4n) is 11.3. The summed E-state index contributed by atoms with van der Waals surface area (Å²) in [6.45, 7) is 19.8. The van der Waals surface area contributed by atoms with Crippen LogP contribution in [-0.2, 0) is 12.8 Å². The van der Waals surface area contributed by atoms with Crippen molar-refractivity contribution in [2.75, 3.05) is 0 Å². The van der Waals surface area contributed by atoms with E-state index in [1.807, 2.05) is 11.1 Å². The molecule has 0 aromatic carbocycles. The van der Waals surface area contributed by atoms with Crippen molar-refractivity contribution in [3.63, 3.8) is 0 Å². The zero-order chi connectivity index (χ0) is 29.0. The molecule has 1 aromatic heterocycles. The monoisotopic (exact) mass is 553 g/mol. The predicted molar refractivity (Wildman–Crippen MR) is 176 cm³/mol. The standard InChI is InChI=1S/C40H59N/c1-27(2)12-8-10-14-31-16-18-34-33-17-19-37-38(4,5)32(20-22-40(37,7)35(33)21-23-39(31,34)6)24-28(3)30-25-29-13-9-11-15-36(29)41-26-30/h12,25-26,31-32,34,37H,3,8-11,13-24H2,1-2,4-7H3. The van der Waals surface area contributed by atoms with Crippen LogP contribution in [0.5, 0.6) is 0 Å². The summed E-state index contributed by atoms with van der Waals surface area (Å²) in [6.07, 6.45) is 26.1. The Hall–Kier alpha value is -1.63. The van der Waals surface area contributed by atoms with Crippen molar-refractivity contribution in [3.8, 4) is 0 Å². The van der Waals surface area contributed by atoms with Crippen molar-refractivity contribution in [2.45, 2.75) is 144 Å². The number of allylic oxidation sites excluding steroid dienone is 5. The molecule has 0 amide bonds. The van der Waals surface area contributed by atoms with E-state index in [-0.39, 0.29) is 0 Å². The number of unbranched alkanes of at least 4 members (excludes halogenated alkanes) is 1. The molecule has 1 heteroatoms.